The zero-order valence-corrected chi connectivity index (χ0v) is 16.8. The number of ether oxygens (including phenoxy) is 1. The highest BCUT2D eigenvalue weighted by molar-refractivity contribution is 8.04. The van der Waals surface area contributed by atoms with Gasteiger partial charge in [-0.2, -0.15) is 0 Å². The largest absolute Gasteiger partial charge is 0.492 e. The van der Waals surface area contributed by atoms with E-state index in [-0.39, 0.29) is 11.0 Å². The number of ketones is 1. The van der Waals surface area contributed by atoms with Gasteiger partial charge in [0.15, 0.2) is 5.76 Å². The average molecular weight is 365 g/mol. The lowest BCUT2D eigenvalue weighted by Gasteiger charge is -2.35. The first-order valence-electron chi connectivity index (χ1n) is 9.39. The molecule has 0 spiro atoms. The number of thioether (sulfide) groups is 1. The van der Waals surface area contributed by atoms with Gasteiger partial charge in [-0.3, -0.25) is 4.79 Å². The van der Waals surface area contributed by atoms with Crippen molar-refractivity contribution in [2.24, 2.45) is 0 Å². The van der Waals surface area contributed by atoms with Crippen LogP contribution in [0.15, 0.2) is 35.1 Å². The summed E-state index contributed by atoms with van der Waals surface area (Å²) in [5, 5.41) is 1.81. The summed E-state index contributed by atoms with van der Waals surface area (Å²) < 4.78 is 5.15. The van der Waals surface area contributed by atoms with E-state index >= 15 is 0 Å². The van der Waals surface area contributed by atoms with Gasteiger partial charge in [0.05, 0.1) is 12.4 Å². The third-order valence-corrected chi connectivity index (χ3v) is 6.17. The third kappa shape index (κ3) is 5.38. The molecule has 0 aromatic heterocycles. The fourth-order valence-electron chi connectivity index (χ4n) is 3.42. The number of hydrogen-bond acceptors (Lipinski definition) is 5. The molecule has 4 nitrogen and oxygen atoms in total. The number of carbonyl (C=O) groups excluding carboxylic acids is 1. The fraction of sp³-hybridized carbons (Fsp3) is 0.650. The van der Waals surface area contributed by atoms with Crippen molar-refractivity contribution in [3.8, 4) is 0 Å². The van der Waals surface area contributed by atoms with E-state index in [2.05, 4.69) is 48.8 Å². The van der Waals surface area contributed by atoms with E-state index in [9.17, 15) is 4.79 Å². The highest BCUT2D eigenvalue weighted by Crippen LogP contribution is 2.33. The van der Waals surface area contributed by atoms with Crippen LogP contribution in [-0.2, 0) is 9.53 Å². The summed E-state index contributed by atoms with van der Waals surface area (Å²) in [6, 6.07) is 0.489. The first-order chi connectivity index (χ1) is 12.1. The maximum absolute atomic E-state index is 12.3. The highest BCUT2D eigenvalue weighted by Gasteiger charge is 2.31. The molecule has 2 rings (SSSR count). The molecule has 0 aliphatic carbocycles. The van der Waals surface area contributed by atoms with Crippen LogP contribution in [0.4, 0.5) is 0 Å². The van der Waals surface area contributed by atoms with E-state index in [4.69, 9.17) is 4.74 Å². The van der Waals surface area contributed by atoms with Crippen molar-refractivity contribution < 1.29 is 9.53 Å². The fourth-order valence-corrected chi connectivity index (χ4v) is 4.43. The van der Waals surface area contributed by atoms with Gasteiger partial charge in [-0.05, 0) is 45.5 Å². The molecule has 0 saturated carbocycles. The van der Waals surface area contributed by atoms with E-state index < -0.39 is 0 Å². The second-order valence-corrected chi connectivity index (χ2v) is 7.71. The van der Waals surface area contributed by atoms with Crippen molar-refractivity contribution in [1.82, 2.24) is 9.80 Å². The van der Waals surface area contributed by atoms with Crippen molar-refractivity contribution in [3.63, 3.8) is 0 Å². The van der Waals surface area contributed by atoms with Crippen LogP contribution in [0.2, 0.25) is 0 Å². The molecule has 2 aliphatic rings. The number of nitrogens with zero attached hydrogens (tertiary/aromatic N) is 2. The molecule has 0 N–H and O–H groups in total. The Morgan fingerprint density at radius 3 is 2.80 bits per heavy atom. The monoisotopic (exact) mass is 364 g/mol. The van der Waals surface area contributed by atoms with E-state index in [1.54, 1.807) is 18.9 Å². The molecule has 2 heterocycles. The Bertz CT molecular complexity index is 538. The van der Waals surface area contributed by atoms with Crippen molar-refractivity contribution in [3.05, 3.63) is 35.1 Å². The van der Waals surface area contributed by atoms with Crippen molar-refractivity contribution in [2.45, 2.75) is 51.3 Å². The van der Waals surface area contributed by atoms with Crippen LogP contribution in [0, 0.1) is 0 Å². The minimum atomic E-state index is -0.0434. The molecule has 0 amide bonds. The topological polar surface area (TPSA) is 32.8 Å². The minimum absolute atomic E-state index is 0.0434. The second-order valence-electron chi connectivity index (χ2n) is 6.64. The molecule has 0 saturated heterocycles. The van der Waals surface area contributed by atoms with E-state index in [1.165, 1.54) is 18.5 Å². The maximum atomic E-state index is 12.3. The van der Waals surface area contributed by atoms with Gasteiger partial charge in [0, 0.05) is 30.1 Å². The normalized spacial score (nSPS) is 21.6. The van der Waals surface area contributed by atoms with Gasteiger partial charge in [0.2, 0.25) is 5.78 Å². The van der Waals surface area contributed by atoms with E-state index in [0.717, 1.165) is 32.6 Å². The molecule has 0 bridgehead atoms. The van der Waals surface area contributed by atoms with Crippen LogP contribution in [0.25, 0.3) is 0 Å². The lowest BCUT2D eigenvalue weighted by Crippen LogP contribution is -2.36. The Morgan fingerprint density at radius 1 is 1.40 bits per heavy atom. The Kier molecular flexibility index (Phi) is 8.10. The average Bonchev–Trinajstić information content (AvgIpc) is 2.99. The Balaban J connectivity index is 1.88. The lowest BCUT2D eigenvalue weighted by atomic mass is 10.0. The number of rotatable bonds is 10. The molecular formula is C20H32N2O2S. The maximum Gasteiger partial charge on any atom is 0.211 e. The van der Waals surface area contributed by atoms with Gasteiger partial charge in [-0.25, -0.2) is 0 Å². The smallest absolute Gasteiger partial charge is 0.211 e. The molecule has 140 valence electrons. The van der Waals surface area contributed by atoms with Crippen LogP contribution >= 0.6 is 11.8 Å². The molecule has 25 heavy (non-hydrogen) atoms. The Labute approximate surface area is 157 Å². The van der Waals surface area contributed by atoms with Crippen LogP contribution in [0.1, 0.15) is 40.0 Å². The highest BCUT2D eigenvalue weighted by atomic mass is 32.2. The quantitative estimate of drug-likeness (QED) is 0.588. The number of Topliss-reactive ketones (excluding diaryl/α,β-unsaturated/α-hetero) is 1. The van der Waals surface area contributed by atoms with Crippen molar-refractivity contribution in [1.29, 1.82) is 0 Å². The summed E-state index contributed by atoms with van der Waals surface area (Å²) >= 11 is 1.58. The number of allylic oxidation sites excluding steroid dienone is 4. The summed E-state index contributed by atoms with van der Waals surface area (Å²) in [6.07, 6.45) is 9.65. The zero-order valence-electron chi connectivity index (χ0n) is 16.0. The molecular weight excluding hydrogens is 332 g/mol. The first-order valence-corrected chi connectivity index (χ1v) is 10.3. The summed E-state index contributed by atoms with van der Waals surface area (Å²) in [7, 11) is 1.57. The van der Waals surface area contributed by atoms with Crippen LogP contribution < -0.4 is 0 Å². The van der Waals surface area contributed by atoms with Gasteiger partial charge < -0.3 is 14.5 Å². The van der Waals surface area contributed by atoms with Crippen molar-refractivity contribution in [2.75, 3.05) is 33.3 Å². The number of carbonyl (C=O) groups is 1. The molecule has 2 atom stereocenters. The number of methoxy groups -OCH3 is 1. The molecule has 0 fully saturated rings. The first kappa shape index (κ1) is 20.1. The SMILES string of the molecule is CCN(CC)CCCC(C)N1CC=CC=C1CC1SC=C(OC)C1=O. The molecule has 0 radical (unpaired) electrons. The summed E-state index contributed by atoms with van der Waals surface area (Å²) in [6.45, 7) is 11.1. The molecule has 5 heteroatoms. The summed E-state index contributed by atoms with van der Waals surface area (Å²) in [5.41, 5.74) is 1.27. The van der Waals surface area contributed by atoms with Gasteiger partial charge in [0.25, 0.3) is 0 Å². The summed E-state index contributed by atoms with van der Waals surface area (Å²) in [4.78, 5) is 17.3. The Hall–Kier alpha value is -1.20. The molecule has 2 unspecified atom stereocenters. The number of hydrogen-bond donors (Lipinski definition) is 0. The van der Waals surface area contributed by atoms with Gasteiger partial charge in [-0.1, -0.05) is 26.0 Å². The van der Waals surface area contributed by atoms with Gasteiger partial charge >= 0.3 is 0 Å². The Morgan fingerprint density at radius 2 is 2.16 bits per heavy atom. The third-order valence-electron chi connectivity index (χ3n) is 5.11. The predicted octanol–water partition coefficient (Wildman–Crippen LogP) is 3.82. The van der Waals surface area contributed by atoms with Gasteiger partial charge in [-0.15, -0.1) is 11.8 Å². The van der Waals surface area contributed by atoms with E-state index in [1.807, 2.05) is 5.41 Å². The minimum Gasteiger partial charge on any atom is -0.492 e. The summed E-state index contributed by atoms with van der Waals surface area (Å²) in [5.74, 6) is 0.623. The van der Waals surface area contributed by atoms with Gasteiger partial charge in [0.1, 0.15) is 0 Å². The van der Waals surface area contributed by atoms with Crippen LogP contribution in [0.3, 0.4) is 0 Å². The van der Waals surface area contributed by atoms with Crippen LogP contribution in [-0.4, -0.2) is 60.2 Å². The molecule has 0 aromatic carbocycles. The standard InChI is InChI=1S/C20H32N2O2S/c1-5-21(6-2)12-9-10-16(3)22-13-8-7-11-17(22)14-19-20(23)18(24-4)15-25-19/h7-8,11,15-16,19H,5-6,9-10,12-14H2,1-4H3. The lowest BCUT2D eigenvalue weighted by molar-refractivity contribution is -0.117. The second kappa shape index (κ2) is 10.1. The van der Waals surface area contributed by atoms with Crippen LogP contribution in [0.5, 0.6) is 0 Å². The predicted molar refractivity (Wildman–Crippen MR) is 107 cm³/mol. The van der Waals surface area contributed by atoms with E-state index in [0.29, 0.717) is 11.8 Å². The zero-order chi connectivity index (χ0) is 18.2. The van der Waals surface area contributed by atoms with Crippen molar-refractivity contribution >= 4 is 17.5 Å². The molecule has 0 aromatic rings. The molecule has 2 aliphatic heterocycles.